The summed E-state index contributed by atoms with van der Waals surface area (Å²) in [4.78, 5) is 12.2. The van der Waals surface area contributed by atoms with Crippen molar-refractivity contribution in [1.82, 2.24) is 10.2 Å². The first kappa shape index (κ1) is 15.9. The second-order valence-corrected chi connectivity index (χ2v) is 5.74. The van der Waals surface area contributed by atoms with Crippen LogP contribution in [0.2, 0.25) is 0 Å². The van der Waals surface area contributed by atoms with E-state index in [1.807, 2.05) is 62.4 Å². The molecule has 0 saturated carbocycles. The molecular formula is C19H19N3O2. The Labute approximate surface area is 140 Å². The number of nitrogens with zero attached hydrogens (tertiary/aromatic N) is 2. The molecule has 1 amide bonds. The number of nitrogens with one attached hydrogen (secondary N) is 1. The van der Waals surface area contributed by atoms with Crippen molar-refractivity contribution in [3.8, 4) is 0 Å². The van der Waals surface area contributed by atoms with Crippen LogP contribution < -0.4 is 5.32 Å². The third-order valence-electron chi connectivity index (χ3n) is 3.90. The minimum atomic E-state index is -0.392. The number of amides is 1. The molecule has 0 spiro atoms. The molecule has 2 aromatic carbocycles. The number of rotatable bonds is 5. The zero-order chi connectivity index (χ0) is 16.9. The van der Waals surface area contributed by atoms with E-state index in [9.17, 15) is 4.79 Å². The van der Waals surface area contributed by atoms with Gasteiger partial charge in [-0.15, -0.1) is 10.2 Å². The zero-order valence-electron chi connectivity index (χ0n) is 13.7. The minimum absolute atomic E-state index is 0.0173. The van der Waals surface area contributed by atoms with Crippen molar-refractivity contribution in [2.45, 2.75) is 26.7 Å². The van der Waals surface area contributed by atoms with Gasteiger partial charge in [0.25, 0.3) is 0 Å². The molecule has 5 nitrogen and oxygen atoms in total. The SMILES string of the molecule is Cc1ccc(NC(=O)c2nnc(CCc3ccccc3)o2)cc1C. The van der Waals surface area contributed by atoms with Crippen LogP contribution >= 0.6 is 0 Å². The first-order valence-electron chi connectivity index (χ1n) is 7.87. The van der Waals surface area contributed by atoms with Gasteiger partial charge >= 0.3 is 11.8 Å². The van der Waals surface area contributed by atoms with Crippen molar-refractivity contribution in [2.75, 3.05) is 5.32 Å². The van der Waals surface area contributed by atoms with Crippen LogP contribution in [0.4, 0.5) is 5.69 Å². The van der Waals surface area contributed by atoms with Gasteiger partial charge < -0.3 is 9.73 Å². The molecule has 5 heteroatoms. The fraction of sp³-hybridized carbons (Fsp3) is 0.211. The summed E-state index contributed by atoms with van der Waals surface area (Å²) in [6.07, 6.45) is 1.40. The van der Waals surface area contributed by atoms with E-state index < -0.39 is 5.91 Å². The van der Waals surface area contributed by atoms with Crippen LogP contribution in [0.15, 0.2) is 52.9 Å². The second kappa shape index (κ2) is 7.08. The Bertz CT molecular complexity index is 841. The summed E-state index contributed by atoms with van der Waals surface area (Å²) in [6.45, 7) is 4.03. The smallest absolute Gasteiger partial charge is 0.313 e. The lowest BCUT2D eigenvalue weighted by atomic mass is 10.1. The minimum Gasteiger partial charge on any atom is -0.417 e. The molecule has 0 aliphatic carbocycles. The number of hydrogen-bond acceptors (Lipinski definition) is 4. The molecule has 24 heavy (non-hydrogen) atoms. The fourth-order valence-corrected chi connectivity index (χ4v) is 2.35. The molecule has 122 valence electrons. The van der Waals surface area contributed by atoms with Crippen LogP contribution in [-0.4, -0.2) is 16.1 Å². The molecule has 0 saturated heterocycles. The standard InChI is InChI=1S/C19H19N3O2/c1-13-8-10-16(12-14(13)2)20-18(23)19-22-21-17(24-19)11-9-15-6-4-3-5-7-15/h3-8,10,12H,9,11H2,1-2H3,(H,20,23). The molecule has 3 rings (SSSR count). The lowest BCUT2D eigenvalue weighted by molar-refractivity contribution is 0.0988. The molecule has 3 aromatic rings. The van der Waals surface area contributed by atoms with Gasteiger partial charge in [0.15, 0.2) is 0 Å². The van der Waals surface area contributed by atoms with Crippen LogP contribution in [0, 0.1) is 13.8 Å². The Morgan fingerprint density at radius 2 is 1.79 bits per heavy atom. The largest absolute Gasteiger partial charge is 0.417 e. The highest BCUT2D eigenvalue weighted by Crippen LogP contribution is 2.15. The van der Waals surface area contributed by atoms with Gasteiger partial charge in [-0.2, -0.15) is 0 Å². The summed E-state index contributed by atoms with van der Waals surface area (Å²) in [7, 11) is 0. The van der Waals surface area contributed by atoms with Crippen LogP contribution in [0.3, 0.4) is 0 Å². The van der Waals surface area contributed by atoms with Crippen molar-refractivity contribution in [3.05, 3.63) is 77.0 Å². The van der Waals surface area contributed by atoms with Gasteiger partial charge in [-0.3, -0.25) is 4.79 Å². The summed E-state index contributed by atoms with van der Waals surface area (Å²) >= 11 is 0. The van der Waals surface area contributed by atoms with Crippen molar-refractivity contribution in [3.63, 3.8) is 0 Å². The molecule has 0 aliphatic rings. The maximum atomic E-state index is 12.2. The number of hydrogen-bond donors (Lipinski definition) is 1. The lowest BCUT2D eigenvalue weighted by Gasteiger charge is -2.05. The van der Waals surface area contributed by atoms with E-state index in [1.165, 1.54) is 11.1 Å². The van der Waals surface area contributed by atoms with Gasteiger partial charge in [0.1, 0.15) is 0 Å². The van der Waals surface area contributed by atoms with E-state index in [0.717, 1.165) is 12.0 Å². The lowest BCUT2D eigenvalue weighted by Crippen LogP contribution is -2.12. The van der Waals surface area contributed by atoms with Crippen molar-refractivity contribution < 1.29 is 9.21 Å². The van der Waals surface area contributed by atoms with Gasteiger partial charge in [-0.25, -0.2) is 0 Å². The quantitative estimate of drug-likeness (QED) is 0.777. The van der Waals surface area contributed by atoms with E-state index >= 15 is 0 Å². The van der Waals surface area contributed by atoms with E-state index in [1.54, 1.807) is 0 Å². The second-order valence-electron chi connectivity index (χ2n) is 5.74. The molecule has 1 aromatic heterocycles. The van der Waals surface area contributed by atoms with Crippen LogP contribution in [-0.2, 0) is 12.8 Å². The summed E-state index contributed by atoms with van der Waals surface area (Å²) in [5.41, 5.74) is 4.19. The molecule has 0 bridgehead atoms. The highest BCUT2D eigenvalue weighted by Gasteiger charge is 2.15. The molecule has 0 radical (unpaired) electrons. The van der Waals surface area contributed by atoms with E-state index in [-0.39, 0.29) is 5.89 Å². The average molecular weight is 321 g/mol. The summed E-state index contributed by atoms with van der Waals surface area (Å²) in [5.74, 6) is 0.0529. The zero-order valence-corrected chi connectivity index (χ0v) is 13.7. The van der Waals surface area contributed by atoms with Crippen LogP contribution in [0.25, 0.3) is 0 Å². The number of carbonyl (C=O) groups is 1. The normalized spacial score (nSPS) is 10.6. The maximum Gasteiger partial charge on any atom is 0.313 e. The Balaban J connectivity index is 1.62. The number of aromatic nitrogens is 2. The Kier molecular flexibility index (Phi) is 4.70. The van der Waals surface area contributed by atoms with E-state index in [2.05, 4.69) is 15.5 Å². The predicted octanol–water partition coefficient (Wildman–Crippen LogP) is 3.72. The van der Waals surface area contributed by atoms with E-state index in [0.29, 0.717) is 18.0 Å². The average Bonchev–Trinajstić information content (AvgIpc) is 3.06. The van der Waals surface area contributed by atoms with E-state index in [4.69, 9.17) is 4.42 Å². The molecule has 0 unspecified atom stereocenters. The fourth-order valence-electron chi connectivity index (χ4n) is 2.35. The summed E-state index contributed by atoms with van der Waals surface area (Å²) in [6, 6.07) is 15.8. The Morgan fingerprint density at radius 3 is 2.54 bits per heavy atom. The van der Waals surface area contributed by atoms with Gasteiger partial charge in [0.2, 0.25) is 5.89 Å². The van der Waals surface area contributed by atoms with Gasteiger partial charge in [-0.05, 0) is 49.1 Å². The molecule has 1 N–H and O–H groups in total. The molecular weight excluding hydrogens is 302 g/mol. The third-order valence-corrected chi connectivity index (χ3v) is 3.90. The summed E-state index contributed by atoms with van der Waals surface area (Å²) < 4.78 is 5.46. The number of anilines is 1. The van der Waals surface area contributed by atoms with Crippen LogP contribution in [0.5, 0.6) is 0 Å². The Hall–Kier alpha value is -2.95. The number of carbonyl (C=O) groups excluding carboxylic acids is 1. The van der Waals surface area contributed by atoms with Gasteiger partial charge in [-0.1, -0.05) is 36.4 Å². The van der Waals surface area contributed by atoms with Crippen molar-refractivity contribution in [1.29, 1.82) is 0 Å². The first-order chi connectivity index (χ1) is 11.6. The maximum absolute atomic E-state index is 12.2. The van der Waals surface area contributed by atoms with Gasteiger partial charge in [0.05, 0.1) is 0 Å². The third kappa shape index (κ3) is 3.87. The summed E-state index contributed by atoms with van der Waals surface area (Å²) in [5, 5.41) is 10.6. The molecule has 0 fully saturated rings. The molecule has 0 aliphatic heterocycles. The van der Waals surface area contributed by atoms with Gasteiger partial charge in [0, 0.05) is 12.1 Å². The Morgan fingerprint density at radius 1 is 1.00 bits per heavy atom. The monoisotopic (exact) mass is 321 g/mol. The van der Waals surface area contributed by atoms with Crippen molar-refractivity contribution in [2.24, 2.45) is 0 Å². The van der Waals surface area contributed by atoms with Crippen molar-refractivity contribution >= 4 is 11.6 Å². The topological polar surface area (TPSA) is 68.0 Å². The first-order valence-corrected chi connectivity index (χ1v) is 7.87. The molecule has 1 heterocycles. The number of benzene rings is 2. The molecule has 0 atom stereocenters. The van der Waals surface area contributed by atoms with Crippen LogP contribution in [0.1, 0.15) is 33.3 Å². The predicted molar refractivity (Wildman–Crippen MR) is 92.0 cm³/mol. The highest BCUT2D eigenvalue weighted by molar-refractivity contribution is 6.00. The highest BCUT2D eigenvalue weighted by atomic mass is 16.4. The number of aryl methyl sites for hydroxylation is 4.